The van der Waals surface area contributed by atoms with E-state index in [0.29, 0.717) is 5.11 Å². The van der Waals surface area contributed by atoms with Crippen molar-refractivity contribution in [2.45, 2.75) is 13.0 Å². The molecule has 1 atom stereocenters. The number of benzene rings is 3. The second kappa shape index (κ2) is 8.50. The first kappa shape index (κ1) is 18.0. The van der Waals surface area contributed by atoms with E-state index >= 15 is 0 Å². The van der Waals surface area contributed by atoms with Crippen LogP contribution in [0.3, 0.4) is 0 Å². The summed E-state index contributed by atoms with van der Waals surface area (Å²) < 4.78 is 5.26. The molecule has 0 aromatic heterocycles. The van der Waals surface area contributed by atoms with E-state index in [1.165, 1.54) is 5.56 Å². The minimum Gasteiger partial charge on any atom is -0.497 e. The van der Waals surface area contributed by atoms with Crippen molar-refractivity contribution in [3.8, 4) is 5.75 Å². The number of methoxy groups -OCH3 is 1. The maximum absolute atomic E-state index is 5.55. The molecule has 26 heavy (non-hydrogen) atoms. The number of anilines is 1. The Balaban J connectivity index is 1.81. The van der Waals surface area contributed by atoms with Crippen molar-refractivity contribution >= 4 is 23.0 Å². The van der Waals surface area contributed by atoms with Crippen molar-refractivity contribution in [1.29, 1.82) is 0 Å². The minimum absolute atomic E-state index is 0.0255. The summed E-state index contributed by atoms with van der Waals surface area (Å²) in [5.41, 5.74) is 4.44. The summed E-state index contributed by atoms with van der Waals surface area (Å²) in [7, 11) is 1.65. The highest BCUT2D eigenvalue weighted by Crippen LogP contribution is 2.23. The van der Waals surface area contributed by atoms with Gasteiger partial charge in [-0.25, -0.2) is 0 Å². The number of thiocarbonyl (C=S) groups is 1. The molecule has 2 N–H and O–H groups in total. The van der Waals surface area contributed by atoms with Gasteiger partial charge in [0.1, 0.15) is 5.75 Å². The molecule has 3 rings (SSSR count). The molecule has 0 aliphatic rings. The molecule has 3 aromatic rings. The van der Waals surface area contributed by atoms with Gasteiger partial charge in [0.05, 0.1) is 13.2 Å². The normalized spacial score (nSPS) is 11.5. The zero-order valence-electron chi connectivity index (χ0n) is 14.9. The van der Waals surface area contributed by atoms with Crippen molar-refractivity contribution in [2.24, 2.45) is 0 Å². The number of rotatable bonds is 5. The Morgan fingerprint density at radius 2 is 1.58 bits per heavy atom. The molecular formula is C22H22N2OS. The van der Waals surface area contributed by atoms with Gasteiger partial charge in [0.15, 0.2) is 5.11 Å². The quantitative estimate of drug-likeness (QED) is 0.620. The van der Waals surface area contributed by atoms with Gasteiger partial charge in [-0.2, -0.15) is 0 Å². The summed E-state index contributed by atoms with van der Waals surface area (Å²) in [5, 5.41) is 7.24. The van der Waals surface area contributed by atoms with Crippen LogP contribution in [0, 0.1) is 6.92 Å². The van der Waals surface area contributed by atoms with Crippen molar-refractivity contribution in [3.05, 3.63) is 95.6 Å². The summed E-state index contributed by atoms with van der Waals surface area (Å²) in [4.78, 5) is 0. The van der Waals surface area contributed by atoms with Gasteiger partial charge in [0.2, 0.25) is 0 Å². The van der Waals surface area contributed by atoms with Gasteiger partial charge < -0.3 is 15.4 Å². The molecular weight excluding hydrogens is 340 g/mol. The smallest absolute Gasteiger partial charge is 0.171 e. The summed E-state index contributed by atoms with van der Waals surface area (Å²) in [6, 6.07) is 26.5. The summed E-state index contributed by atoms with van der Waals surface area (Å²) in [5.74, 6) is 0.788. The predicted molar refractivity (Wildman–Crippen MR) is 112 cm³/mol. The Hall–Kier alpha value is -2.85. The summed E-state index contributed by atoms with van der Waals surface area (Å²) in [6.45, 7) is 2.09. The second-order valence-corrected chi connectivity index (χ2v) is 6.49. The third-order valence-electron chi connectivity index (χ3n) is 4.15. The summed E-state index contributed by atoms with van der Waals surface area (Å²) >= 11 is 5.55. The zero-order valence-corrected chi connectivity index (χ0v) is 15.7. The largest absolute Gasteiger partial charge is 0.497 e. The van der Waals surface area contributed by atoms with E-state index in [4.69, 9.17) is 17.0 Å². The van der Waals surface area contributed by atoms with Crippen LogP contribution in [-0.4, -0.2) is 12.2 Å². The van der Waals surface area contributed by atoms with Crippen LogP contribution in [-0.2, 0) is 0 Å². The molecule has 1 unspecified atom stereocenters. The lowest BCUT2D eigenvalue weighted by molar-refractivity contribution is 0.415. The lowest BCUT2D eigenvalue weighted by Crippen LogP contribution is -2.33. The fourth-order valence-corrected chi connectivity index (χ4v) is 3.00. The van der Waals surface area contributed by atoms with Crippen LogP contribution < -0.4 is 15.4 Å². The molecule has 0 amide bonds. The lowest BCUT2D eigenvalue weighted by Gasteiger charge is -2.22. The molecule has 0 aliphatic heterocycles. The lowest BCUT2D eigenvalue weighted by atomic mass is 9.98. The number of aryl methyl sites for hydroxylation is 1. The second-order valence-electron chi connectivity index (χ2n) is 6.08. The van der Waals surface area contributed by atoms with Gasteiger partial charge >= 0.3 is 0 Å². The average Bonchev–Trinajstić information content (AvgIpc) is 2.68. The Bertz CT molecular complexity index is 863. The van der Waals surface area contributed by atoms with E-state index in [9.17, 15) is 0 Å². The van der Waals surface area contributed by atoms with E-state index in [1.54, 1.807) is 7.11 Å². The van der Waals surface area contributed by atoms with E-state index in [-0.39, 0.29) is 6.04 Å². The van der Waals surface area contributed by atoms with Crippen LogP contribution in [0.4, 0.5) is 5.69 Å². The third-order valence-corrected chi connectivity index (χ3v) is 4.37. The van der Waals surface area contributed by atoms with Gasteiger partial charge in [0, 0.05) is 11.8 Å². The van der Waals surface area contributed by atoms with Crippen molar-refractivity contribution in [3.63, 3.8) is 0 Å². The molecule has 0 bridgehead atoms. The van der Waals surface area contributed by atoms with Crippen molar-refractivity contribution < 1.29 is 4.74 Å². The summed E-state index contributed by atoms with van der Waals surface area (Å²) in [6.07, 6.45) is 0. The molecule has 0 fully saturated rings. The molecule has 3 aromatic carbocycles. The van der Waals surface area contributed by atoms with Crippen LogP contribution in [0.2, 0.25) is 0 Å². The Morgan fingerprint density at radius 1 is 0.885 bits per heavy atom. The Morgan fingerprint density at radius 3 is 2.27 bits per heavy atom. The molecule has 0 radical (unpaired) electrons. The molecule has 0 saturated carbocycles. The Labute approximate surface area is 160 Å². The monoisotopic (exact) mass is 362 g/mol. The van der Waals surface area contributed by atoms with Crippen LogP contribution >= 0.6 is 12.2 Å². The van der Waals surface area contributed by atoms with Crippen LogP contribution in [0.15, 0.2) is 78.9 Å². The Kier molecular flexibility index (Phi) is 5.87. The number of hydrogen-bond acceptors (Lipinski definition) is 2. The molecule has 0 heterocycles. The topological polar surface area (TPSA) is 33.3 Å². The van der Waals surface area contributed by atoms with Gasteiger partial charge in [-0.15, -0.1) is 0 Å². The molecule has 0 spiro atoms. The predicted octanol–water partition coefficient (Wildman–Crippen LogP) is 5.08. The average molecular weight is 362 g/mol. The molecule has 0 aliphatic carbocycles. The van der Waals surface area contributed by atoms with Gasteiger partial charge in [-0.3, -0.25) is 0 Å². The van der Waals surface area contributed by atoms with Gasteiger partial charge in [-0.05, 0) is 42.4 Å². The first-order valence-electron chi connectivity index (χ1n) is 8.49. The van der Waals surface area contributed by atoms with E-state index < -0.39 is 0 Å². The molecule has 3 nitrogen and oxygen atoms in total. The maximum atomic E-state index is 5.55. The van der Waals surface area contributed by atoms with Gasteiger partial charge in [0.25, 0.3) is 0 Å². The van der Waals surface area contributed by atoms with E-state index in [0.717, 1.165) is 22.6 Å². The van der Waals surface area contributed by atoms with Crippen molar-refractivity contribution in [1.82, 2.24) is 5.32 Å². The number of hydrogen-bond donors (Lipinski definition) is 2. The highest BCUT2D eigenvalue weighted by atomic mass is 32.1. The molecule has 4 heteroatoms. The van der Waals surface area contributed by atoms with Crippen LogP contribution in [0.5, 0.6) is 5.75 Å². The molecule has 0 saturated heterocycles. The van der Waals surface area contributed by atoms with Crippen LogP contribution in [0.25, 0.3) is 0 Å². The fourth-order valence-electron chi connectivity index (χ4n) is 2.76. The maximum Gasteiger partial charge on any atom is 0.171 e. The van der Waals surface area contributed by atoms with E-state index in [1.807, 2.05) is 42.5 Å². The minimum atomic E-state index is -0.0255. The number of ether oxygens (including phenoxy) is 1. The zero-order chi connectivity index (χ0) is 18.4. The van der Waals surface area contributed by atoms with Crippen molar-refractivity contribution in [2.75, 3.05) is 12.4 Å². The van der Waals surface area contributed by atoms with E-state index in [2.05, 4.69) is 54.0 Å². The van der Waals surface area contributed by atoms with Gasteiger partial charge in [-0.1, -0.05) is 66.2 Å². The third kappa shape index (κ3) is 4.61. The number of nitrogens with one attached hydrogen (secondary N) is 2. The first-order chi connectivity index (χ1) is 12.7. The SMILES string of the molecule is COc1cccc(NC(=S)NC(c2ccccc2)c2ccc(C)cc2)c1. The van der Waals surface area contributed by atoms with Crippen LogP contribution in [0.1, 0.15) is 22.7 Å². The highest BCUT2D eigenvalue weighted by molar-refractivity contribution is 7.80. The highest BCUT2D eigenvalue weighted by Gasteiger charge is 2.15. The standard InChI is InChI=1S/C22H22N2OS/c1-16-11-13-18(14-12-16)21(17-7-4-3-5-8-17)24-22(26)23-19-9-6-10-20(15-19)25-2/h3-15,21H,1-2H3,(H2,23,24,26). The first-order valence-corrected chi connectivity index (χ1v) is 8.89. The fraction of sp³-hybridized carbons (Fsp3) is 0.136. The molecule has 132 valence electrons.